The molecule has 28 heavy (non-hydrogen) atoms. The largest absolute Gasteiger partial charge is 0.307 e. The summed E-state index contributed by atoms with van der Waals surface area (Å²) in [6.45, 7) is 5.98. The van der Waals surface area contributed by atoms with Gasteiger partial charge in [-0.1, -0.05) is 30.3 Å². The molecular weight excluding hydrogens is 352 g/mol. The minimum atomic E-state index is -0.212. The molecule has 0 unspecified atom stereocenters. The third-order valence-corrected chi connectivity index (χ3v) is 4.61. The summed E-state index contributed by atoms with van der Waals surface area (Å²) >= 11 is 0. The molecule has 7 nitrogen and oxygen atoms in total. The maximum atomic E-state index is 13.1. The lowest BCUT2D eigenvalue weighted by Gasteiger charge is -2.11. The lowest BCUT2D eigenvalue weighted by molar-refractivity contribution is 0.102. The number of anilines is 1. The van der Waals surface area contributed by atoms with Crippen molar-refractivity contribution in [1.82, 2.24) is 24.5 Å². The van der Waals surface area contributed by atoms with Crippen LogP contribution in [-0.2, 0) is 7.05 Å². The summed E-state index contributed by atoms with van der Waals surface area (Å²) in [6.07, 6.45) is 1.71. The topological polar surface area (TPSA) is 77.6 Å². The maximum absolute atomic E-state index is 13.1. The molecule has 4 aromatic rings. The van der Waals surface area contributed by atoms with E-state index in [1.54, 1.807) is 17.9 Å². The number of nitrogens with one attached hydrogen (secondary N) is 1. The molecule has 0 atom stereocenters. The third-order valence-electron chi connectivity index (χ3n) is 4.61. The molecule has 0 spiro atoms. The number of fused-ring (bicyclic) bond motifs is 1. The zero-order valence-electron chi connectivity index (χ0n) is 16.3. The zero-order valence-corrected chi connectivity index (χ0v) is 16.3. The molecule has 1 N–H and O–H groups in total. The van der Waals surface area contributed by atoms with Crippen molar-refractivity contribution in [1.29, 1.82) is 0 Å². The number of rotatable bonds is 4. The first-order valence-corrected chi connectivity index (χ1v) is 9.19. The molecule has 0 aliphatic rings. The van der Waals surface area contributed by atoms with Crippen molar-refractivity contribution in [2.75, 3.05) is 5.32 Å². The fourth-order valence-electron chi connectivity index (χ4n) is 3.25. The van der Waals surface area contributed by atoms with Crippen LogP contribution in [0.3, 0.4) is 0 Å². The van der Waals surface area contributed by atoms with Crippen LogP contribution in [0.5, 0.6) is 0 Å². The Hall–Kier alpha value is -3.48. The number of hydrogen-bond acceptors (Lipinski definition) is 4. The van der Waals surface area contributed by atoms with E-state index in [9.17, 15) is 4.79 Å². The average Bonchev–Trinajstić information content (AvgIpc) is 3.24. The van der Waals surface area contributed by atoms with Crippen LogP contribution in [0.15, 0.2) is 48.7 Å². The summed E-state index contributed by atoms with van der Waals surface area (Å²) in [6, 6.07) is 13.6. The van der Waals surface area contributed by atoms with Crippen molar-refractivity contribution in [2.24, 2.45) is 7.05 Å². The van der Waals surface area contributed by atoms with Crippen molar-refractivity contribution in [3.8, 4) is 11.3 Å². The van der Waals surface area contributed by atoms with Gasteiger partial charge in [0.1, 0.15) is 5.82 Å². The molecule has 0 fully saturated rings. The van der Waals surface area contributed by atoms with Crippen molar-refractivity contribution < 1.29 is 4.79 Å². The summed E-state index contributed by atoms with van der Waals surface area (Å²) in [5.74, 6) is 0.431. The second-order valence-corrected chi connectivity index (χ2v) is 7.09. The van der Waals surface area contributed by atoms with E-state index in [0.717, 1.165) is 22.3 Å². The van der Waals surface area contributed by atoms with Crippen LogP contribution >= 0.6 is 0 Å². The van der Waals surface area contributed by atoms with E-state index in [0.29, 0.717) is 17.0 Å². The maximum Gasteiger partial charge on any atom is 0.257 e. The van der Waals surface area contributed by atoms with Gasteiger partial charge in [-0.05, 0) is 26.8 Å². The van der Waals surface area contributed by atoms with Crippen LogP contribution in [0.25, 0.3) is 22.3 Å². The molecule has 0 saturated carbocycles. The zero-order chi connectivity index (χ0) is 19.8. The Kier molecular flexibility index (Phi) is 4.43. The van der Waals surface area contributed by atoms with E-state index < -0.39 is 0 Å². The summed E-state index contributed by atoms with van der Waals surface area (Å²) < 4.78 is 3.49. The van der Waals surface area contributed by atoms with Gasteiger partial charge in [-0.15, -0.1) is 0 Å². The van der Waals surface area contributed by atoms with Crippen molar-refractivity contribution in [3.63, 3.8) is 0 Å². The smallest absolute Gasteiger partial charge is 0.257 e. The van der Waals surface area contributed by atoms with Gasteiger partial charge in [0.25, 0.3) is 5.91 Å². The highest BCUT2D eigenvalue weighted by Gasteiger charge is 2.19. The van der Waals surface area contributed by atoms with Gasteiger partial charge in [0, 0.05) is 24.7 Å². The van der Waals surface area contributed by atoms with Crippen LogP contribution < -0.4 is 5.32 Å². The quantitative estimate of drug-likeness (QED) is 0.586. The van der Waals surface area contributed by atoms with Gasteiger partial charge in [0.2, 0.25) is 0 Å². The minimum Gasteiger partial charge on any atom is -0.307 e. The van der Waals surface area contributed by atoms with E-state index in [1.165, 1.54) is 0 Å². The number of nitrogens with zero attached hydrogens (tertiary/aromatic N) is 5. The Bertz CT molecular complexity index is 1160. The van der Waals surface area contributed by atoms with Crippen LogP contribution in [-0.4, -0.2) is 30.5 Å². The fourth-order valence-corrected chi connectivity index (χ4v) is 3.25. The molecule has 7 heteroatoms. The first kappa shape index (κ1) is 17.9. The Balaban J connectivity index is 1.86. The number of benzene rings is 1. The number of carbonyl (C=O) groups excluding carboxylic acids is 1. The van der Waals surface area contributed by atoms with E-state index >= 15 is 0 Å². The summed E-state index contributed by atoms with van der Waals surface area (Å²) in [7, 11) is 1.80. The molecule has 0 bridgehead atoms. The highest BCUT2D eigenvalue weighted by Crippen LogP contribution is 2.27. The van der Waals surface area contributed by atoms with E-state index in [2.05, 4.69) is 15.5 Å². The van der Waals surface area contributed by atoms with Crippen molar-refractivity contribution in [3.05, 3.63) is 59.9 Å². The predicted molar refractivity (Wildman–Crippen MR) is 109 cm³/mol. The Labute approximate surface area is 163 Å². The summed E-state index contributed by atoms with van der Waals surface area (Å²) in [5, 5.41) is 12.4. The molecule has 3 heterocycles. The van der Waals surface area contributed by atoms with Gasteiger partial charge in [-0.25, -0.2) is 9.67 Å². The van der Waals surface area contributed by atoms with E-state index in [4.69, 9.17) is 4.98 Å². The van der Waals surface area contributed by atoms with Gasteiger partial charge < -0.3 is 5.32 Å². The van der Waals surface area contributed by atoms with Gasteiger partial charge >= 0.3 is 0 Å². The molecular formula is C21H22N6O. The predicted octanol–water partition coefficient (Wildman–Crippen LogP) is 3.97. The molecule has 0 aliphatic carbocycles. The van der Waals surface area contributed by atoms with Crippen LogP contribution in [0.1, 0.15) is 35.9 Å². The molecule has 0 saturated heterocycles. The van der Waals surface area contributed by atoms with Gasteiger partial charge in [-0.3, -0.25) is 9.48 Å². The SMILES string of the molecule is Cc1cc(NC(=O)c2cc(-c3ccccc3)nc3c2cnn3C(C)C)n(C)n1. The number of amides is 1. The third kappa shape index (κ3) is 3.15. The number of pyridine rings is 1. The highest BCUT2D eigenvalue weighted by molar-refractivity contribution is 6.12. The van der Waals surface area contributed by atoms with Crippen LogP contribution in [0.2, 0.25) is 0 Å². The average molecular weight is 374 g/mol. The van der Waals surface area contributed by atoms with Crippen LogP contribution in [0.4, 0.5) is 5.82 Å². The second-order valence-electron chi connectivity index (χ2n) is 7.09. The number of aryl methyl sites for hydroxylation is 2. The Morgan fingerprint density at radius 2 is 1.89 bits per heavy atom. The molecule has 1 aromatic carbocycles. The normalized spacial score (nSPS) is 11.3. The summed E-state index contributed by atoms with van der Waals surface area (Å²) in [4.78, 5) is 17.9. The molecule has 0 aliphatic heterocycles. The van der Waals surface area contributed by atoms with E-state index in [1.807, 2.05) is 67.9 Å². The molecule has 4 rings (SSSR count). The monoisotopic (exact) mass is 374 g/mol. The van der Waals surface area contributed by atoms with Gasteiger partial charge in [0.15, 0.2) is 5.65 Å². The summed E-state index contributed by atoms with van der Waals surface area (Å²) in [5.41, 5.74) is 3.76. The molecule has 1 amide bonds. The highest BCUT2D eigenvalue weighted by atomic mass is 16.1. The Morgan fingerprint density at radius 3 is 2.54 bits per heavy atom. The lowest BCUT2D eigenvalue weighted by Crippen LogP contribution is -2.15. The minimum absolute atomic E-state index is 0.131. The fraction of sp³-hybridized carbons (Fsp3) is 0.238. The standard InChI is InChI=1S/C21H22N6O/c1-13(2)27-20-17(12-22-27)16(11-18(23-20)15-8-6-5-7-9-15)21(28)24-19-10-14(3)25-26(19)4/h5-13H,1-4H3,(H,24,28). The first-order chi connectivity index (χ1) is 13.4. The lowest BCUT2D eigenvalue weighted by atomic mass is 10.1. The number of aromatic nitrogens is 5. The second kappa shape index (κ2) is 6.92. The molecule has 142 valence electrons. The van der Waals surface area contributed by atoms with Crippen molar-refractivity contribution in [2.45, 2.75) is 26.8 Å². The molecule has 3 aromatic heterocycles. The molecule has 0 radical (unpaired) electrons. The van der Waals surface area contributed by atoms with Crippen molar-refractivity contribution >= 4 is 22.8 Å². The van der Waals surface area contributed by atoms with E-state index in [-0.39, 0.29) is 11.9 Å². The first-order valence-electron chi connectivity index (χ1n) is 9.19. The van der Waals surface area contributed by atoms with Gasteiger partial charge in [0.05, 0.1) is 28.5 Å². The van der Waals surface area contributed by atoms with Gasteiger partial charge in [-0.2, -0.15) is 10.2 Å². The van der Waals surface area contributed by atoms with Crippen LogP contribution in [0, 0.1) is 6.92 Å². The Morgan fingerprint density at radius 1 is 1.14 bits per heavy atom. The number of carbonyl (C=O) groups is 1. The number of hydrogen-bond donors (Lipinski definition) is 1.